The molecule has 0 aliphatic heterocycles. The number of aryl methyl sites for hydroxylation is 1. The van der Waals surface area contributed by atoms with Gasteiger partial charge in [0.1, 0.15) is 5.82 Å². The topological polar surface area (TPSA) is 26.0 Å². The van der Waals surface area contributed by atoms with Crippen molar-refractivity contribution in [1.82, 2.24) is 0 Å². The van der Waals surface area contributed by atoms with Crippen LogP contribution in [0.25, 0.3) is 0 Å². The van der Waals surface area contributed by atoms with Crippen LogP contribution in [0.4, 0.5) is 4.39 Å². The van der Waals surface area contributed by atoms with E-state index in [2.05, 4.69) is 15.9 Å². The third-order valence-electron chi connectivity index (χ3n) is 2.93. The molecule has 0 saturated heterocycles. The summed E-state index contributed by atoms with van der Waals surface area (Å²) in [5.41, 5.74) is 7.94. The Balaban J connectivity index is 2.68. The molecule has 0 bridgehead atoms. The maximum absolute atomic E-state index is 13.9. The molecule has 1 saturated carbocycles. The largest absolute Gasteiger partial charge is 0.321 e. The lowest BCUT2D eigenvalue weighted by Crippen LogP contribution is -2.22. The Morgan fingerprint density at radius 3 is 2.50 bits per heavy atom. The summed E-state index contributed by atoms with van der Waals surface area (Å²) in [7, 11) is 0. The summed E-state index contributed by atoms with van der Waals surface area (Å²) in [4.78, 5) is 0. The van der Waals surface area contributed by atoms with Crippen LogP contribution in [0.2, 0.25) is 0 Å². The van der Waals surface area contributed by atoms with E-state index in [1.165, 1.54) is 0 Å². The Kier molecular flexibility index (Phi) is 2.20. The first-order valence-electron chi connectivity index (χ1n) is 4.70. The van der Waals surface area contributed by atoms with Crippen molar-refractivity contribution in [3.63, 3.8) is 0 Å². The first-order chi connectivity index (χ1) is 6.46. The second kappa shape index (κ2) is 3.04. The van der Waals surface area contributed by atoms with Crippen LogP contribution in [0, 0.1) is 19.7 Å². The van der Waals surface area contributed by atoms with Gasteiger partial charge in [0.15, 0.2) is 0 Å². The molecule has 2 rings (SSSR count). The molecule has 1 aliphatic rings. The molecule has 0 spiro atoms. The molecule has 1 aromatic carbocycles. The van der Waals surface area contributed by atoms with Gasteiger partial charge in [0.2, 0.25) is 0 Å². The van der Waals surface area contributed by atoms with Crippen LogP contribution in [0.5, 0.6) is 0 Å². The predicted molar refractivity (Wildman–Crippen MR) is 58.7 cm³/mol. The summed E-state index contributed by atoms with van der Waals surface area (Å²) >= 11 is 3.43. The van der Waals surface area contributed by atoms with Crippen molar-refractivity contribution < 1.29 is 4.39 Å². The smallest absolute Gasteiger partial charge is 0.131 e. The van der Waals surface area contributed by atoms with Gasteiger partial charge >= 0.3 is 0 Å². The molecule has 3 heteroatoms. The van der Waals surface area contributed by atoms with E-state index in [-0.39, 0.29) is 5.82 Å². The van der Waals surface area contributed by atoms with Gasteiger partial charge in [0.05, 0.1) is 0 Å². The first kappa shape index (κ1) is 10.1. The average Bonchev–Trinajstić information content (AvgIpc) is 2.81. The molecule has 1 aromatic rings. The van der Waals surface area contributed by atoms with Gasteiger partial charge in [-0.15, -0.1) is 0 Å². The van der Waals surface area contributed by atoms with Crippen LogP contribution in [-0.2, 0) is 5.54 Å². The fourth-order valence-electron chi connectivity index (χ4n) is 1.82. The minimum Gasteiger partial charge on any atom is -0.321 e. The van der Waals surface area contributed by atoms with E-state index in [4.69, 9.17) is 5.73 Å². The van der Waals surface area contributed by atoms with E-state index in [0.717, 1.165) is 22.9 Å². The maximum Gasteiger partial charge on any atom is 0.131 e. The summed E-state index contributed by atoms with van der Waals surface area (Å²) in [6, 6.07) is 1.81. The van der Waals surface area contributed by atoms with Crippen molar-refractivity contribution in [2.45, 2.75) is 32.2 Å². The fraction of sp³-hybridized carbons (Fsp3) is 0.455. The second-order valence-corrected chi connectivity index (χ2v) is 5.00. The predicted octanol–water partition coefficient (Wildman–Crippen LogP) is 3.15. The summed E-state index contributed by atoms with van der Waals surface area (Å²) in [6.07, 6.45) is 1.78. The highest BCUT2D eigenvalue weighted by atomic mass is 79.9. The van der Waals surface area contributed by atoms with Gasteiger partial charge in [-0.25, -0.2) is 4.39 Å². The third kappa shape index (κ3) is 1.39. The van der Waals surface area contributed by atoms with Crippen LogP contribution in [0.3, 0.4) is 0 Å². The van der Waals surface area contributed by atoms with E-state index in [1.54, 1.807) is 13.0 Å². The molecule has 1 nitrogen and oxygen atoms in total. The number of halogens is 2. The van der Waals surface area contributed by atoms with Crippen LogP contribution >= 0.6 is 15.9 Å². The summed E-state index contributed by atoms with van der Waals surface area (Å²) in [6.45, 7) is 3.68. The fourth-order valence-corrected chi connectivity index (χ4v) is 2.36. The molecule has 14 heavy (non-hydrogen) atoms. The van der Waals surface area contributed by atoms with Crippen molar-refractivity contribution in [3.05, 3.63) is 33.0 Å². The van der Waals surface area contributed by atoms with Gasteiger partial charge in [0.25, 0.3) is 0 Å². The van der Waals surface area contributed by atoms with E-state index in [0.29, 0.717) is 11.1 Å². The molecule has 0 radical (unpaired) electrons. The van der Waals surface area contributed by atoms with Gasteiger partial charge in [-0.1, -0.05) is 15.9 Å². The van der Waals surface area contributed by atoms with Gasteiger partial charge in [-0.2, -0.15) is 0 Å². The summed E-state index contributed by atoms with van der Waals surface area (Å²) in [5, 5.41) is 0. The molecule has 76 valence electrons. The Morgan fingerprint density at radius 2 is 2.00 bits per heavy atom. The van der Waals surface area contributed by atoms with Gasteiger partial charge < -0.3 is 5.73 Å². The zero-order valence-electron chi connectivity index (χ0n) is 8.32. The molecule has 0 aromatic heterocycles. The molecule has 0 heterocycles. The zero-order chi connectivity index (χ0) is 10.5. The Labute approximate surface area is 91.6 Å². The number of hydrogen-bond donors (Lipinski definition) is 1. The lowest BCUT2D eigenvalue weighted by Gasteiger charge is -2.16. The highest BCUT2D eigenvalue weighted by Crippen LogP contribution is 2.46. The third-order valence-corrected chi connectivity index (χ3v) is 3.75. The Bertz CT molecular complexity index is 371. The standard InChI is InChI=1S/C11H13BrFN/c1-6-5-8(12)7(2)9(10(6)13)11(14)3-4-11/h5H,3-4,14H2,1-2H3. The molecule has 0 unspecified atom stereocenters. The van der Waals surface area contributed by atoms with Crippen molar-refractivity contribution in [2.24, 2.45) is 5.73 Å². The molecular weight excluding hydrogens is 245 g/mol. The van der Waals surface area contributed by atoms with E-state index in [9.17, 15) is 4.39 Å². The van der Waals surface area contributed by atoms with E-state index in [1.807, 2.05) is 6.92 Å². The maximum atomic E-state index is 13.9. The Morgan fingerprint density at radius 1 is 1.43 bits per heavy atom. The SMILES string of the molecule is Cc1cc(Br)c(C)c(C2(N)CC2)c1F. The highest BCUT2D eigenvalue weighted by molar-refractivity contribution is 9.10. The van der Waals surface area contributed by atoms with Crippen LogP contribution < -0.4 is 5.73 Å². The van der Waals surface area contributed by atoms with Crippen molar-refractivity contribution in [3.8, 4) is 0 Å². The van der Waals surface area contributed by atoms with Crippen LogP contribution in [-0.4, -0.2) is 0 Å². The Hall–Kier alpha value is -0.410. The van der Waals surface area contributed by atoms with Gasteiger partial charge in [-0.05, 0) is 43.9 Å². The minimum atomic E-state index is -0.400. The van der Waals surface area contributed by atoms with E-state index < -0.39 is 5.54 Å². The normalized spacial score (nSPS) is 18.4. The van der Waals surface area contributed by atoms with Crippen molar-refractivity contribution in [2.75, 3.05) is 0 Å². The lowest BCUT2D eigenvalue weighted by molar-refractivity contribution is 0.566. The van der Waals surface area contributed by atoms with Gasteiger partial charge in [-0.3, -0.25) is 0 Å². The average molecular weight is 258 g/mol. The summed E-state index contributed by atoms with van der Waals surface area (Å²) < 4.78 is 14.8. The number of nitrogens with two attached hydrogens (primary N) is 1. The molecular formula is C11H13BrFN. The quantitative estimate of drug-likeness (QED) is 0.822. The number of hydrogen-bond acceptors (Lipinski definition) is 1. The zero-order valence-corrected chi connectivity index (χ0v) is 9.91. The van der Waals surface area contributed by atoms with E-state index >= 15 is 0 Å². The monoisotopic (exact) mass is 257 g/mol. The number of benzene rings is 1. The van der Waals surface area contributed by atoms with Crippen molar-refractivity contribution >= 4 is 15.9 Å². The van der Waals surface area contributed by atoms with Crippen molar-refractivity contribution in [1.29, 1.82) is 0 Å². The van der Waals surface area contributed by atoms with Crippen LogP contribution in [0.15, 0.2) is 10.5 Å². The number of rotatable bonds is 1. The lowest BCUT2D eigenvalue weighted by atomic mass is 9.97. The van der Waals surface area contributed by atoms with Crippen LogP contribution in [0.1, 0.15) is 29.5 Å². The highest BCUT2D eigenvalue weighted by Gasteiger charge is 2.43. The van der Waals surface area contributed by atoms with Gasteiger partial charge in [0, 0.05) is 15.6 Å². The first-order valence-corrected chi connectivity index (χ1v) is 5.49. The molecule has 2 N–H and O–H groups in total. The second-order valence-electron chi connectivity index (χ2n) is 4.15. The summed E-state index contributed by atoms with van der Waals surface area (Å²) in [5.74, 6) is -0.134. The molecule has 0 amide bonds. The molecule has 1 fully saturated rings. The molecule has 0 atom stereocenters. The minimum absolute atomic E-state index is 0.134. The molecule has 1 aliphatic carbocycles.